The molecule has 0 unspecified atom stereocenters. The highest BCUT2D eigenvalue weighted by Crippen LogP contribution is 2.33. The molecule has 1 aliphatic carbocycles. The lowest BCUT2D eigenvalue weighted by molar-refractivity contribution is -0.384. The van der Waals surface area contributed by atoms with E-state index in [4.69, 9.17) is 0 Å². The SMILES string of the molecule is O=C(Cn1cnc2scc(-c3ccc4c(c3)CCCC4)c2c1=O)Nc1cccc([N+](=O)[O-])c1. The average Bonchev–Trinajstić information content (AvgIpc) is 3.26. The number of rotatable bonds is 5. The van der Waals surface area contributed by atoms with Crippen LogP contribution >= 0.6 is 11.3 Å². The first-order chi connectivity index (χ1) is 16.0. The number of nitro groups is 1. The molecule has 0 radical (unpaired) electrons. The summed E-state index contributed by atoms with van der Waals surface area (Å²) in [6.45, 7) is -0.246. The van der Waals surface area contributed by atoms with E-state index in [0.29, 0.717) is 15.9 Å². The van der Waals surface area contributed by atoms with Crippen LogP contribution in [-0.4, -0.2) is 20.4 Å². The number of aryl methyl sites for hydroxylation is 2. The fourth-order valence-electron chi connectivity index (χ4n) is 4.25. The van der Waals surface area contributed by atoms with Crippen molar-refractivity contribution in [2.45, 2.75) is 32.2 Å². The molecular formula is C24H20N4O4S. The highest BCUT2D eigenvalue weighted by Gasteiger charge is 2.17. The van der Waals surface area contributed by atoms with Crippen molar-refractivity contribution in [2.75, 3.05) is 5.32 Å². The molecule has 9 heteroatoms. The number of carbonyl (C=O) groups is 1. The number of hydrogen-bond acceptors (Lipinski definition) is 6. The molecule has 0 spiro atoms. The lowest BCUT2D eigenvalue weighted by Crippen LogP contribution is -2.27. The van der Waals surface area contributed by atoms with Crippen molar-refractivity contribution in [2.24, 2.45) is 0 Å². The Bertz CT molecular complexity index is 1460. The average molecular weight is 461 g/mol. The number of nitro benzene ring substituents is 1. The number of fused-ring (bicyclic) bond motifs is 2. The van der Waals surface area contributed by atoms with Gasteiger partial charge in [0.15, 0.2) is 0 Å². The van der Waals surface area contributed by atoms with Crippen molar-refractivity contribution in [3.8, 4) is 11.1 Å². The number of nitrogens with zero attached hydrogens (tertiary/aromatic N) is 3. The van der Waals surface area contributed by atoms with Gasteiger partial charge in [0.05, 0.1) is 16.6 Å². The van der Waals surface area contributed by atoms with Gasteiger partial charge in [-0.25, -0.2) is 4.98 Å². The van der Waals surface area contributed by atoms with Gasteiger partial charge in [-0.15, -0.1) is 11.3 Å². The van der Waals surface area contributed by atoms with Crippen molar-refractivity contribution in [1.82, 2.24) is 9.55 Å². The number of anilines is 1. The number of benzene rings is 2. The number of aromatic nitrogens is 2. The summed E-state index contributed by atoms with van der Waals surface area (Å²) in [4.78, 5) is 41.2. The molecule has 0 atom stereocenters. The van der Waals surface area contributed by atoms with Crippen LogP contribution in [0.5, 0.6) is 0 Å². The summed E-state index contributed by atoms with van der Waals surface area (Å²) in [6, 6.07) is 12.0. The lowest BCUT2D eigenvalue weighted by atomic mass is 9.89. The third kappa shape index (κ3) is 4.14. The normalized spacial score (nSPS) is 13.0. The van der Waals surface area contributed by atoms with E-state index in [1.54, 1.807) is 6.07 Å². The largest absolute Gasteiger partial charge is 0.324 e. The van der Waals surface area contributed by atoms with Crippen molar-refractivity contribution in [3.63, 3.8) is 0 Å². The molecule has 0 saturated carbocycles. The second-order valence-corrected chi connectivity index (χ2v) is 8.91. The van der Waals surface area contributed by atoms with Crippen molar-refractivity contribution in [3.05, 3.63) is 85.8 Å². The number of hydrogen-bond donors (Lipinski definition) is 1. The molecule has 0 bridgehead atoms. The lowest BCUT2D eigenvalue weighted by Gasteiger charge is -2.16. The molecule has 1 N–H and O–H groups in total. The number of amides is 1. The van der Waals surface area contributed by atoms with Gasteiger partial charge in [0.2, 0.25) is 5.91 Å². The zero-order valence-electron chi connectivity index (χ0n) is 17.6. The van der Waals surface area contributed by atoms with Gasteiger partial charge in [0, 0.05) is 28.8 Å². The van der Waals surface area contributed by atoms with Crippen molar-refractivity contribution in [1.29, 1.82) is 0 Å². The molecule has 1 amide bonds. The van der Waals surface area contributed by atoms with Crippen molar-refractivity contribution < 1.29 is 9.72 Å². The Kier molecular flexibility index (Phi) is 5.47. The van der Waals surface area contributed by atoms with E-state index in [9.17, 15) is 19.7 Å². The monoisotopic (exact) mass is 460 g/mol. The predicted molar refractivity (Wildman–Crippen MR) is 128 cm³/mol. The van der Waals surface area contributed by atoms with E-state index < -0.39 is 10.8 Å². The number of non-ortho nitro benzene ring substituents is 1. The van der Waals surface area contributed by atoms with Crippen LogP contribution in [0.1, 0.15) is 24.0 Å². The van der Waals surface area contributed by atoms with E-state index in [1.165, 1.54) is 64.4 Å². The molecule has 5 rings (SSSR count). The quantitative estimate of drug-likeness (QED) is 0.347. The first-order valence-corrected chi connectivity index (χ1v) is 11.5. The second kappa shape index (κ2) is 8.59. The molecular weight excluding hydrogens is 440 g/mol. The van der Waals surface area contributed by atoms with Crippen LogP contribution in [0.25, 0.3) is 21.3 Å². The Balaban J connectivity index is 1.44. The first-order valence-electron chi connectivity index (χ1n) is 10.6. The fourth-order valence-corrected chi connectivity index (χ4v) is 5.15. The Labute approximate surface area is 192 Å². The highest BCUT2D eigenvalue weighted by molar-refractivity contribution is 7.17. The standard InChI is InChI=1S/C24H20N4O4S/c29-21(26-18-6-3-7-19(11-18)28(31)32)12-27-14-25-23-22(24(27)30)20(13-33-23)17-9-8-15-4-1-2-5-16(15)10-17/h3,6-11,13-14H,1-2,4-5,12H2,(H,26,29). The minimum atomic E-state index is -0.531. The van der Waals surface area contributed by atoms with Crippen LogP contribution < -0.4 is 10.9 Å². The molecule has 2 heterocycles. The minimum Gasteiger partial charge on any atom is -0.324 e. The van der Waals surface area contributed by atoms with E-state index in [2.05, 4.69) is 28.5 Å². The summed E-state index contributed by atoms with van der Waals surface area (Å²) < 4.78 is 1.27. The topological polar surface area (TPSA) is 107 Å². The zero-order valence-corrected chi connectivity index (χ0v) is 18.4. The van der Waals surface area contributed by atoms with Crippen LogP contribution in [0, 0.1) is 10.1 Å². The summed E-state index contributed by atoms with van der Waals surface area (Å²) >= 11 is 1.41. The molecule has 0 saturated heterocycles. The van der Waals surface area contributed by atoms with Crippen LogP contribution in [0.15, 0.2) is 59.0 Å². The number of nitrogens with one attached hydrogen (secondary N) is 1. The number of carbonyl (C=O) groups excluding carboxylic acids is 1. The summed E-state index contributed by atoms with van der Waals surface area (Å²) in [6.07, 6.45) is 5.89. The summed E-state index contributed by atoms with van der Waals surface area (Å²) in [5, 5.41) is 16.0. The first kappa shape index (κ1) is 21.0. The van der Waals surface area contributed by atoms with Gasteiger partial charge < -0.3 is 5.32 Å². The van der Waals surface area contributed by atoms with E-state index in [-0.39, 0.29) is 17.8 Å². The molecule has 2 aromatic heterocycles. The summed E-state index contributed by atoms with van der Waals surface area (Å²) in [5.74, 6) is -0.468. The van der Waals surface area contributed by atoms with Gasteiger partial charge in [-0.1, -0.05) is 24.3 Å². The zero-order chi connectivity index (χ0) is 22.9. The van der Waals surface area contributed by atoms with Gasteiger partial charge in [-0.2, -0.15) is 0 Å². The van der Waals surface area contributed by atoms with Gasteiger partial charge in [0.1, 0.15) is 11.4 Å². The van der Waals surface area contributed by atoms with Gasteiger partial charge in [-0.3, -0.25) is 24.3 Å². The summed E-state index contributed by atoms with van der Waals surface area (Å²) in [7, 11) is 0. The molecule has 2 aromatic carbocycles. The third-order valence-electron chi connectivity index (χ3n) is 5.87. The number of thiophene rings is 1. The van der Waals surface area contributed by atoms with E-state index >= 15 is 0 Å². The second-order valence-electron chi connectivity index (χ2n) is 8.05. The Morgan fingerprint density at radius 3 is 2.79 bits per heavy atom. The van der Waals surface area contributed by atoms with Crippen LogP contribution in [0.2, 0.25) is 0 Å². The molecule has 1 aliphatic rings. The van der Waals surface area contributed by atoms with Gasteiger partial charge in [0.25, 0.3) is 11.2 Å². The van der Waals surface area contributed by atoms with Gasteiger partial charge in [-0.05, 0) is 48.4 Å². The maximum Gasteiger partial charge on any atom is 0.271 e. The van der Waals surface area contributed by atoms with E-state index in [0.717, 1.165) is 24.0 Å². The Hall–Kier alpha value is -3.85. The fraction of sp³-hybridized carbons (Fsp3) is 0.208. The smallest absolute Gasteiger partial charge is 0.271 e. The van der Waals surface area contributed by atoms with Crippen molar-refractivity contribution >= 4 is 38.8 Å². The molecule has 8 nitrogen and oxygen atoms in total. The van der Waals surface area contributed by atoms with Crippen LogP contribution in [-0.2, 0) is 24.2 Å². The molecule has 0 fully saturated rings. The highest BCUT2D eigenvalue weighted by atomic mass is 32.1. The minimum absolute atomic E-state index is 0.124. The molecule has 33 heavy (non-hydrogen) atoms. The van der Waals surface area contributed by atoms with E-state index in [1.807, 2.05) is 5.38 Å². The third-order valence-corrected chi connectivity index (χ3v) is 6.76. The predicted octanol–water partition coefficient (Wildman–Crippen LogP) is 4.55. The van der Waals surface area contributed by atoms with Gasteiger partial charge >= 0.3 is 0 Å². The Morgan fingerprint density at radius 2 is 1.97 bits per heavy atom. The summed E-state index contributed by atoms with van der Waals surface area (Å²) in [5.41, 5.74) is 4.40. The molecule has 166 valence electrons. The van der Waals surface area contributed by atoms with Crippen LogP contribution in [0.4, 0.5) is 11.4 Å². The Morgan fingerprint density at radius 1 is 1.15 bits per heavy atom. The molecule has 0 aliphatic heterocycles. The van der Waals surface area contributed by atoms with Crippen LogP contribution in [0.3, 0.4) is 0 Å². The molecule has 4 aromatic rings. The maximum atomic E-state index is 13.3. The maximum absolute atomic E-state index is 13.3.